The molecule has 2 N–H and O–H groups in total. The van der Waals surface area contributed by atoms with Crippen molar-refractivity contribution in [3.63, 3.8) is 0 Å². The SMILES string of the molecule is CN(C(=O)c1ccc(N2CC(=O)NC2=O)cc1)[C@H]1C[C@H]2CNC(=O)C[C@H]2C1. The van der Waals surface area contributed by atoms with Gasteiger partial charge in [0.05, 0.1) is 0 Å². The third-order valence-corrected chi connectivity index (χ3v) is 5.91. The first-order valence-corrected chi connectivity index (χ1v) is 9.17. The smallest absolute Gasteiger partial charge is 0.329 e. The summed E-state index contributed by atoms with van der Waals surface area (Å²) in [6, 6.07) is 6.39. The van der Waals surface area contributed by atoms with Gasteiger partial charge in [0.2, 0.25) is 11.8 Å². The van der Waals surface area contributed by atoms with Crippen LogP contribution in [0.5, 0.6) is 0 Å². The van der Waals surface area contributed by atoms with Gasteiger partial charge < -0.3 is 10.2 Å². The number of carbonyl (C=O) groups is 4. The van der Waals surface area contributed by atoms with E-state index in [1.165, 1.54) is 4.90 Å². The molecule has 5 amide bonds. The van der Waals surface area contributed by atoms with E-state index in [0.29, 0.717) is 36.1 Å². The molecule has 3 aliphatic rings. The number of amides is 5. The normalized spacial score (nSPS) is 27.2. The van der Waals surface area contributed by atoms with E-state index < -0.39 is 6.03 Å². The Morgan fingerprint density at radius 3 is 2.44 bits per heavy atom. The standard InChI is InChI=1S/C19H22N4O4/c1-22(15-6-12-8-16(24)20-9-13(12)7-15)18(26)11-2-4-14(5-3-11)23-10-17(25)21-19(23)27/h2-5,12-13,15H,6-10H2,1H3,(H,20,24)(H,21,25,27)/t12-,13+,15-/m1/s1. The first-order valence-electron chi connectivity index (χ1n) is 9.17. The molecule has 1 aromatic rings. The van der Waals surface area contributed by atoms with Crippen LogP contribution in [0, 0.1) is 11.8 Å². The van der Waals surface area contributed by atoms with E-state index >= 15 is 0 Å². The van der Waals surface area contributed by atoms with Crippen LogP contribution < -0.4 is 15.5 Å². The number of hydrogen-bond acceptors (Lipinski definition) is 4. The fourth-order valence-corrected chi connectivity index (χ4v) is 4.36. The van der Waals surface area contributed by atoms with Crippen LogP contribution in [0.1, 0.15) is 29.6 Å². The van der Waals surface area contributed by atoms with E-state index in [2.05, 4.69) is 10.6 Å². The fourth-order valence-electron chi connectivity index (χ4n) is 4.36. The van der Waals surface area contributed by atoms with Crippen LogP contribution in [0.3, 0.4) is 0 Å². The second kappa shape index (κ2) is 6.68. The summed E-state index contributed by atoms with van der Waals surface area (Å²) in [5, 5.41) is 5.14. The summed E-state index contributed by atoms with van der Waals surface area (Å²) in [5.41, 5.74) is 1.12. The molecule has 27 heavy (non-hydrogen) atoms. The van der Waals surface area contributed by atoms with Crippen molar-refractivity contribution in [2.24, 2.45) is 11.8 Å². The topological polar surface area (TPSA) is 98.8 Å². The third kappa shape index (κ3) is 3.27. The van der Waals surface area contributed by atoms with E-state index in [9.17, 15) is 19.2 Å². The number of benzene rings is 1. The van der Waals surface area contributed by atoms with E-state index in [-0.39, 0.29) is 30.3 Å². The zero-order chi connectivity index (χ0) is 19.1. The van der Waals surface area contributed by atoms with Crippen LogP contribution in [0.4, 0.5) is 10.5 Å². The van der Waals surface area contributed by atoms with Gasteiger partial charge in [0.1, 0.15) is 6.54 Å². The molecule has 8 heteroatoms. The van der Waals surface area contributed by atoms with Gasteiger partial charge in [0.15, 0.2) is 0 Å². The minimum Gasteiger partial charge on any atom is -0.356 e. The maximum Gasteiger partial charge on any atom is 0.329 e. The number of piperidine rings is 1. The lowest BCUT2D eigenvalue weighted by atomic mass is 9.89. The van der Waals surface area contributed by atoms with E-state index in [1.807, 2.05) is 0 Å². The Hall–Kier alpha value is -2.90. The van der Waals surface area contributed by atoms with Gasteiger partial charge >= 0.3 is 6.03 Å². The van der Waals surface area contributed by atoms with E-state index in [0.717, 1.165) is 12.8 Å². The van der Waals surface area contributed by atoms with Gasteiger partial charge in [-0.25, -0.2) is 4.79 Å². The molecule has 0 unspecified atom stereocenters. The van der Waals surface area contributed by atoms with Crippen molar-refractivity contribution in [2.45, 2.75) is 25.3 Å². The average Bonchev–Trinajstić information content (AvgIpc) is 3.22. The molecular formula is C19H22N4O4. The molecule has 8 nitrogen and oxygen atoms in total. The summed E-state index contributed by atoms with van der Waals surface area (Å²) in [4.78, 5) is 50.6. The molecule has 142 valence electrons. The molecule has 2 aliphatic heterocycles. The molecule has 2 saturated heterocycles. The Labute approximate surface area is 156 Å². The highest BCUT2D eigenvalue weighted by Crippen LogP contribution is 2.38. The quantitative estimate of drug-likeness (QED) is 0.766. The van der Waals surface area contributed by atoms with Gasteiger partial charge in [-0.05, 0) is 48.9 Å². The molecule has 1 aliphatic carbocycles. The predicted octanol–water partition coefficient (Wildman–Crippen LogP) is 0.729. The number of rotatable bonds is 3. The van der Waals surface area contributed by atoms with Crippen molar-refractivity contribution in [1.82, 2.24) is 15.5 Å². The number of urea groups is 1. The average molecular weight is 370 g/mol. The highest BCUT2D eigenvalue weighted by molar-refractivity contribution is 6.12. The number of fused-ring (bicyclic) bond motifs is 1. The minimum absolute atomic E-state index is 0.0103. The molecule has 0 bridgehead atoms. The number of hydrogen-bond donors (Lipinski definition) is 2. The summed E-state index contributed by atoms with van der Waals surface area (Å²) in [6.07, 6.45) is 2.31. The Bertz CT molecular complexity index is 806. The molecule has 2 heterocycles. The Kier molecular flexibility index (Phi) is 4.33. The van der Waals surface area contributed by atoms with Gasteiger partial charge in [-0.3, -0.25) is 24.6 Å². The van der Waals surface area contributed by atoms with Crippen molar-refractivity contribution in [2.75, 3.05) is 25.0 Å². The summed E-state index contributed by atoms with van der Waals surface area (Å²) in [6.45, 7) is 0.691. The van der Waals surface area contributed by atoms with Gasteiger partial charge in [0.25, 0.3) is 5.91 Å². The van der Waals surface area contributed by atoms with Crippen LogP contribution in [0.25, 0.3) is 0 Å². The minimum atomic E-state index is -0.451. The van der Waals surface area contributed by atoms with Gasteiger partial charge in [0, 0.05) is 37.3 Å². The van der Waals surface area contributed by atoms with Crippen molar-refractivity contribution < 1.29 is 19.2 Å². The molecule has 1 aromatic carbocycles. The Balaban J connectivity index is 1.43. The summed E-state index contributed by atoms with van der Waals surface area (Å²) in [7, 11) is 1.81. The van der Waals surface area contributed by atoms with Crippen molar-refractivity contribution in [3.05, 3.63) is 29.8 Å². The molecule has 1 saturated carbocycles. The van der Waals surface area contributed by atoms with Gasteiger partial charge in [-0.1, -0.05) is 0 Å². The second-order valence-corrected chi connectivity index (χ2v) is 7.56. The number of anilines is 1. The van der Waals surface area contributed by atoms with Crippen molar-refractivity contribution >= 4 is 29.4 Å². The lowest BCUT2D eigenvalue weighted by Gasteiger charge is -2.25. The largest absolute Gasteiger partial charge is 0.356 e. The van der Waals surface area contributed by atoms with Crippen LogP contribution in [-0.4, -0.2) is 54.8 Å². The maximum absolute atomic E-state index is 12.8. The zero-order valence-electron chi connectivity index (χ0n) is 15.1. The molecule has 3 atom stereocenters. The van der Waals surface area contributed by atoms with Crippen LogP contribution in [0.15, 0.2) is 24.3 Å². The van der Waals surface area contributed by atoms with Crippen molar-refractivity contribution in [3.8, 4) is 0 Å². The molecule has 0 spiro atoms. The molecule has 4 rings (SSSR count). The highest BCUT2D eigenvalue weighted by Gasteiger charge is 2.40. The summed E-state index contributed by atoms with van der Waals surface area (Å²) >= 11 is 0. The number of imide groups is 1. The highest BCUT2D eigenvalue weighted by atomic mass is 16.2. The van der Waals surface area contributed by atoms with E-state index in [4.69, 9.17) is 0 Å². The maximum atomic E-state index is 12.8. The third-order valence-electron chi connectivity index (χ3n) is 5.91. The second-order valence-electron chi connectivity index (χ2n) is 7.56. The fraction of sp³-hybridized carbons (Fsp3) is 0.474. The molecule has 0 aromatic heterocycles. The number of nitrogens with one attached hydrogen (secondary N) is 2. The van der Waals surface area contributed by atoms with Crippen LogP contribution >= 0.6 is 0 Å². The van der Waals surface area contributed by atoms with Crippen LogP contribution in [-0.2, 0) is 9.59 Å². The van der Waals surface area contributed by atoms with Crippen molar-refractivity contribution in [1.29, 1.82) is 0 Å². The summed E-state index contributed by atoms with van der Waals surface area (Å²) in [5.74, 6) is 0.483. The number of carbonyl (C=O) groups excluding carboxylic acids is 4. The van der Waals surface area contributed by atoms with Crippen LogP contribution in [0.2, 0.25) is 0 Å². The van der Waals surface area contributed by atoms with Gasteiger partial charge in [-0.2, -0.15) is 0 Å². The monoisotopic (exact) mass is 370 g/mol. The van der Waals surface area contributed by atoms with Gasteiger partial charge in [-0.15, -0.1) is 0 Å². The predicted molar refractivity (Wildman–Crippen MR) is 97.0 cm³/mol. The first kappa shape index (κ1) is 17.5. The molecule has 3 fully saturated rings. The summed E-state index contributed by atoms with van der Waals surface area (Å²) < 4.78 is 0. The zero-order valence-corrected chi connectivity index (χ0v) is 15.1. The lowest BCUT2D eigenvalue weighted by molar-refractivity contribution is -0.124. The lowest BCUT2D eigenvalue weighted by Crippen LogP contribution is -2.38. The molecular weight excluding hydrogens is 348 g/mol. The van der Waals surface area contributed by atoms with E-state index in [1.54, 1.807) is 36.2 Å². The number of nitrogens with zero attached hydrogens (tertiary/aromatic N) is 2. The Morgan fingerprint density at radius 2 is 1.78 bits per heavy atom. The first-order chi connectivity index (χ1) is 12.9. The molecule has 0 radical (unpaired) electrons. The Morgan fingerprint density at radius 1 is 1.07 bits per heavy atom.